The third-order valence-corrected chi connectivity index (χ3v) is 8.93. The van der Waals surface area contributed by atoms with Crippen LogP contribution >= 0.6 is 0 Å². The van der Waals surface area contributed by atoms with Crippen molar-refractivity contribution in [3.8, 4) is 5.75 Å². The molecule has 0 aromatic heterocycles. The zero-order valence-corrected chi connectivity index (χ0v) is 28.0. The minimum atomic E-state index is -1.72. The van der Waals surface area contributed by atoms with E-state index in [1.54, 1.807) is 34.3 Å². The Bertz CT molecular complexity index is 1130. The molecule has 0 aliphatic carbocycles. The van der Waals surface area contributed by atoms with Crippen molar-refractivity contribution in [2.75, 3.05) is 34.9 Å². The Morgan fingerprint density at radius 3 is 2.36 bits per heavy atom. The van der Waals surface area contributed by atoms with Gasteiger partial charge in [0.05, 0.1) is 43.7 Å². The number of cyclic esters (lactones) is 1. The van der Waals surface area contributed by atoms with Crippen LogP contribution in [0.2, 0.25) is 0 Å². The minimum absolute atomic E-state index is 0.128. The lowest BCUT2D eigenvalue weighted by Gasteiger charge is -2.43. The second kappa shape index (κ2) is 16.9. The number of hydrogen-bond acceptors (Lipinski definition) is 12. The van der Waals surface area contributed by atoms with Crippen molar-refractivity contribution in [2.45, 2.75) is 108 Å². The predicted molar refractivity (Wildman–Crippen MR) is 171 cm³/mol. The van der Waals surface area contributed by atoms with Crippen LogP contribution in [0, 0.1) is 11.8 Å². The Hall–Kier alpha value is -2.45. The number of aliphatic hydroxyl groups excluding tert-OH is 2. The Labute approximate surface area is 267 Å². The number of aliphatic hydroxyl groups is 3. The summed E-state index contributed by atoms with van der Waals surface area (Å²) in [6, 6.07) is 7.19. The van der Waals surface area contributed by atoms with E-state index >= 15 is 0 Å². The topological polar surface area (TPSA) is 152 Å². The van der Waals surface area contributed by atoms with Gasteiger partial charge in [-0.25, -0.2) is 0 Å². The van der Waals surface area contributed by atoms with Gasteiger partial charge in [-0.1, -0.05) is 13.8 Å². The lowest BCUT2D eigenvalue weighted by molar-refractivity contribution is -0.279. The molecule has 3 N–H and O–H groups in total. The van der Waals surface area contributed by atoms with Crippen LogP contribution in [0.15, 0.2) is 34.5 Å². The van der Waals surface area contributed by atoms with Crippen LogP contribution in [0.3, 0.4) is 0 Å². The summed E-state index contributed by atoms with van der Waals surface area (Å²) in [7, 11) is 7.02. The van der Waals surface area contributed by atoms with Gasteiger partial charge >= 0.3 is 5.97 Å². The van der Waals surface area contributed by atoms with Crippen molar-refractivity contribution in [3.05, 3.63) is 29.8 Å². The van der Waals surface area contributed by atoms with Crippen LogP contribution in [-0.4, -0.2) is 121 Å². The fourth-order valence-electron chi connectivity index (χ4n) is 5.84. The molecule has 0 bridgehead atoms. The SMILES string of the molecule is COc1ccc(/C=N/N=C2\CCC(OC)[C@H](OC3OC(C)CC(N(C)C)C3O)CCC(C)C(=O)OCC(C)(O)C(O)C2C)cc1. The molecule has 1 aromatic carbocycles. The van der Waals surface area contributed by atoms with E-state index in [0.29, 0.717) is 37.8 Å². The summed E-state index contributed by atoms with van der Waals surface area (Å²) in [5.41, 5.74) is -0.387. The highest BCUT2D eigenvalue weighted by molar-refractivity contribution is 5.88. The summed E-state index contributed by atoms with van der Waals surface area (Å²) in [4.78, 5) is 14.9. The van der Waals surface area contributed by atoms with Crippen molar-refractivity contribution >= 4 is 17.9 Å². The van der Waals surface area contributed by atoms with Crippen molar-refractivity contribution < 1.29 is 43.8 Å². The van der Waals surface area contributed by atoms with Gasteiger partial charge in [0.25, 0.3) is 0 Å². The molecule has 2 fully saturated rings. The number of nitrogens with zero attached hydrogens (tertiary/aromatic N) is 3. The van der Waals surface area contributed by atoms with Crippen LogP contribution in [-0.2, 0) is 23.7 Å². The first-order chi connectivity index (χ1) is 21.3. The third kappa shape index (κ3) is 10.3. The molecule has 12 heteroatoms. The number of carbonyl (C=O) groups excluding carboxylic acids is 1. The Morgan fingerprint density at radius 1 is 1.04 bits per heavy atom. The second-order valence-electron chi connectivity index (χ2n) is 12.8. The maximum Gasteiger partial charge on any atom is 0.308 e. The number of esters is 1. The van der Waals surface area contributed by atoms with E-state index in [9.17, 15) is 20.1 Å². The average molecular weight is 636 g/mol. The number of ether oxygens (including phenoxy) is 5. The summed E-state index contributed by atoms with van der Waals surface area (Å²) >= 11 is 0. The van der Waals surface area contributed by atoms with E-state index in [0.717, 1.165) is 11.3 Å². The third-order valence-electron chi connectivity index (χ3n) is 8.93. The van der Waals surface area contributed by atoms with Crippen LogP contribution in [0.5, 0.6) is 5.75 Å². The molecule has 2 aliphatic heterocycles. The molecular weight excluding hydrogens is 582 g/mol. The van der Waals surface area contributed by atoms with Crippen molar-refractivity contribution in [1.82, 2.24) is 4.90 Å². The molecule has 0 radical (unpaired) electrons. The number of likely N-dealkylation sites (N-methyl/N-ethyl adjacent to an activating group) is 1. The van der Waals surface area contributed by atoms with Gasteiger partial charge in [-0.2, -0.15) is 10.2 Å². The van der Waals surface area contributed by atoms with Crippen molar-refractivity contribution in [1.29, 1.82) is 0 Å². The number of benzene rings is 1. The lowest BCUT2D eigenvalue weighted by atomic mass is 9.84. The Morgan fingerprint density at radius 2 is 1.73 bits per heavy atom. The first-order valence-corrected chi connectivity index (χ1v) is 15.8. The molecule has 45 heavy (non-hydrogen) atoms. The molecule has 0 amide bonds. The molecule has 12 nitrogen and oxygen atoms in total. The Balaban J connectivity index is 1.92. The molecular formula is C33H53N3O9. The highest BCUT2D eigenvalue weighted by atomic mass is 16.7. The largest absolute Gasteiger partial charge is 0.497 e. The smallest absolute Gasteiger partial charge is 0.308 e. The number of carbonyl (C=O) groups is 1. The summed E-state index contributed by atoms with van der Waals surface area (Å²) < 4.78 is 29.2. The predicted octanol–water partition coefficient (Wildman–Crippen LogP) is 2.80. The molecule has 0 saturated carbocycles. The molecule has 10 atom stereocenters. The highest BCUT2D eigenvalue weighted by Crippen LogP contribution is 2.30. The highest BCUT2D eigenvalue weighted by Gasteiger charge is 2.42. The van der Waals surface area contributed by atoms with Gasteiger partial charge in [0, 0.05) is 24.8 Å². The van der Waals surface area contributed by atoms with Crippen molar-refractivity contribution in [3.63, 3.8) is 0 Å². The average Bonchev–Trinajstić information content (AvgIpc) is 3.01. The maximum absolute atomic E-state index is 12.9. The van der Waals surface area contributed by atoms with Gasteiger partial charge in [0.15, 0.2) is 6.29 Å². The maximum atomic E-state index is 12.9. The standard InChI is InChI=1S/C33H53N3O9/c1-20-9-15-28(45-32-29(37)26(36(5)6)17-21(2)44-32)27(42-8)16-14-25(22(3)30(38)33(4,40)19-43-31(20)39)35-34-18-23-10-12-24(41-7)13-11-23/h10-13,18,20-22,26-30,32,37-38,40H,9,14-17,19H2,1-8H3/b34-18+,35-25+/t20?,21?,22?,26?,27?,28-,29?,30?,32?,33?/m1/s1. The van der Waals surface area contributed by atoms with Gasteiger partial charge in [0.1, 0.15) is 24.1 Å². The van der Waals surface area contributed by atoms with Gasteiger partial charge < -0.3 is 43.9 Å². The molecule has 1 aromatic rings. The zero-order valence-electron chi connectivity index (χ0n) is 28.0. The fourth-order valence-corrected chi connectivity index (χ4v) is 5.84. The van der Waals surface area contributed by atoms with E-state index in [1.807, 2.05) is 50.2 Å². The van der Waals surface area contributed by atoms with Gasteiger partial charge in [-0.15, -0.1) is 0 Å². The quantitative estimate of drug-likeness (QED) is 0.232. The van der Waals surface area contributed by atoms with Crippen LogP contribution < -0.4 is 4.74 Å². The summed E-state index contributed by atoms with van der Waals surface area (Å²) in [6.45, 7) is 6.52. The van der Waals surface area contributed by atoms with E-state index in [2.05, 4.69) is 10.2 Å². The zero-order chi connectivity index (χ0) is 33.3. The van der Waals surface area contributed by atoms with Gasteiger partial charge in [-0.05, 0) is 89.9 Å². The normalized spacial score (nSPS) is 37.0. The van der Waals surface area contributed by atoms with E-state index in [4.69, 9.17) is 23.7 Å². The molecule has 2 saturated heterocycles. The molecule has 9 unspecified atom stereocenters. The second-order valence-corrected chi connectivity index (χ2v) is 12.8. The Kier molecular flexibility index (Phi) is 13.9. The molecule has 0 spiro atoms. The summed E-state index contributed by atoms with van der Waals surface area (Å²) in [5, 5.41) is 42.3. The molecule has 3 rings (SSSR count). The fraction of sp³-hybridized carbons (Fsp3) is 0.727. The summed E-state index contributed by atoms with van der Waals surface area (Å²) in [6.07, 6.45) is -0.300. The number of methoxy groups -OCH3 is 2. The summed E-state index contributed by atoms with van der Waals surface area (Å²) in [5.74, 6) is -0.918. The molecule has 2 heterocycles. The number of hydrogen-bond donors (Lipinski definition) is 3. The number of rotatable bonds is 7. The van der Waals surface area contributed by atoms with Crippen LogP contribution in [0.1, 0.15) is 65.4 Å². The van der Waals surface area contributed by atoms with Gasteiger partial charge in [-0.3, -0.25) is 4.79 Å². The molecule has 2 aliphatic rings. The minimum Gasteiger partial charge on any atom is -0.497 e. The van der Waals surface area contributed by atoms with E-state index in [-0.39, 0.29) is 18.8 Å². The monoisotopic (exact) mass is 635 g/mol. The van der Waals surface area contributed by atoms with E-state index < -0.39 is 54.1 Å². The van der Waals surface area contributed by atoms with Crippen LogP contribution in [0.25, 0.3) is 0 Å². The van der Waals surface area contributed by atoms with Crippen LogP contribution in [0.4, 0.5) is 0 Å². The lowest BCUT2D eigenvalue weighted by Crippen LogP contribution is -2.55. The first-order valence-electron chi connectivity index (χ1n) is 15.8. The van der Waals surface area contributed by atoms with E-state index in [1.165, 1.54) is 6.92 Å². The van der Waals surface area contributed by atoms with Crippen molar-refractivity contribution in [2.24, 2.45) is 22.0 Å². The first kappa shape index (κ1) is 37.0. The van der Waals surface area contributed by atoms with Gasteiger partial charge in [0.2, 0.25) is 0 Å². The molecule has 254 valence electrons.